The summed E-state index contributed by atoms with van der Waals surface area (Å²) in [6.07, 6.45) is 2.18. The standard InChI is InChI=1S/C7H12O2/c1-3-4-6(2)7(9)5-8/h5-6H,3-4H2,1-2H3. The summed E-state index contributed by atoms with van der Waals surface area (Å²) in [5.74, 6) is -0.357. The molecular formula is C7H12O2. The Labute approximate surface area is 55.3 Å². The average molecular weight is 128 g/mol. The molecule has 52 valence electrons. The van der Waals surface area contributed by atoms with E-state index in [1.807, 2.05) is 6.92 Å². The molecule has 0 aromatic carbocycles. The zero-order valence-corrected chi connectivity index (χ0v) is 5.89. The molecule has 0 aromatic rings. The van der Waals surface area contributed by atoms with Crippen LogP contribution in [-0.2, 0) is 9.59 Å². The molecule has 0 rings (SSSR count). The normalized spacial score (nSPS) is 12.7. The van der Waals surface area contributed by atoms with Gasteiger partial charge in [0, 0.05) is 5.92 Å². The number of hydrogen-bond donors (Lipinski definition) is 0. The summed E-state index contributed by atoms with van der Waals surface area (Å²) in [7, 11) is 0. The lowest BCUT2D eigenvalue weighted by molar-refractivity contribution is -0.132. The second-order valence-corrected chi connectivity index (χ2v) is 2.21. The molecule has 0 fully saturated rings. The highest BCUT2D eigenvalue weighted by Crippen LogP contribution is 2.03. The molecule has 0 saturated heterocycles. The Bertz CT molecular complexity index is 107. The Morgan fingerprint density at radius 3 is 2.56 bits per heavy atom. The molecule has 1 atom stereocenters. The van der Waals surface area contributed by atoms with Gasteiger partial charge in [-0.1, -0.05) is 20.3 Å². The lowest BCUT2D eigenvalue weighted by Crippen LogP contribution is -2.10. The van der Waals surface area contributed by atoms with Gasteiger partial charge in [0.05, 0.1) is 0 Å². The second-order valence-electron chi connectivity index (χ2n) is 2.21. The van der Waals surface area contributed by atoms with Gasteiger partial charge in [0.2, 0.25) is 0 Å². The third kappa shape index (κ3) is 3.01. The van der Waals surface area contributed by atoms with Crippen molar-refractivity contribution in [1.29, 1.82) is 0 Å². The summed E-state index contributed by atoms with van der Waals surface area (Å²) in [6, 6.07) is 0. The van der Waals surface area contributed by atoms with Crippen LogP contribution < -0.4 is 0 Å². The first-order valence-corrected chi connectivity index (χ1v) is 3.21. The Balaban J connectivity index is 3.58. The minimum atomic E-state index is -0.281. The molecule has 0 N–H and O–H groups in total. The molecule has 0 spiro atoms. The van der Waals surface area contributed by atoms with Crippen molar-refractivity contribution < 1.29 is 9.59 Å². The van der Waals surface area contributed by atoms with Crippen molar-refractivity contribution in [2.75, 3.05) is 0 Å². The van der Waals surface area contributed by atoms with E-state index in [9.17, 15) is 9.59 Å². The summed E-state index contributed by atoms with van der Waals surface area (Å²) in [5.41, 5.74) is 0. The Kier molecular flexibility index (Phi) is 3.93. The van der Waals surface area contributed by atoms with Gasteiger partial charge in [-0.05, 0) is 6.42 Å². The van der Waals surface area contributed by atoms with E-state index in [2.05, 4.69) is 0 Å². The van der Waals surface area contributed by atoms with Gasteiger partial charge < -0.3 is 0 Å². The molecule has 9 heavy (non-hydrogen) atoms. The maximum atomic E-state index is 10.5. The van der Waals surface area contributed by atoms with Crippen LogP contribution in [0.1, 0.15) is 26.7 Å². The van der Waals surface area contributed by atoms with Crippen LogP contribution in [0.2, 0.25) is 0 Å². The molecule has 2 heteroatoms. The number of carbonyl (C=O) groups is 2. The van der Waals surface area contributed by atoms with E-state index in [0.717, 1.165) is 12.8 Å². The molecule has 2 nitrogen and oxygen atoms in total. The number of carbonyl (C=O) groups excluding carboxylic acids is 2. The lowest BCUT2D eigenvalue weighted by atomic mass is 10.0. The van der Waals surface area contributed by atoms with Gasteiger partial charge in [-0.3, -0.25) is 9.59 Å². The molecule has 0 bridgehead atoms. The lowest BCUT2D eigenvalue weighted by Gasteiger charge is -2.00. The third-order valence-corrected chi connectivity index (χ3v) is 1.32. The van der Waals surface area contributed by atoms with E-state index in [4.69, 9.17) is 0 Å². The van der Waals surface area contributed by atoms with Gasteiger partial charge in [0.25, 0.3) is 0 Å². The quantitative estimate of drug-likeness (QED) is 0.421. The predicted molar refractivity (Wildman–Crippen MR) is 35.1 cm³/mol. The van der Waals surface area contributed by atoms with Crippen LogP contribution >= 0.6 is 0 Å². The van der Waals surface area contributed by atoms with Crippen molar-refractivity contribution in [3.63, 3.8) is 0 Å². The number of Topliss-reactive ketones (excluding diaryl/α,β-unsaturated/α-hetero) is 1. The van der Waals surface area contributed by atoms with Crippen LogP contribution in [0.5, 0.6) is 0 Å². The summed E-state index contributed by atoms with van der Waals surface area (Å²) < 4.78 is 0. The van der Waals surface area contributed by atoms with Crippen LogP contribution in [0.15, 0.2) is 0 Å². The van der Waals surface area contributed by atoms with Crippen molar-refractivity contribution >= 4 is 12.1 Å². The van der Waals surface area contributed by atoms with Crippen LogP contribution in [0.4, 0.5) is 0 Å². The van der Waals surface area contributed by atoms with E-state index < -0.39 is 0 Å². The minimum Gasteiger partial charge on any atom is -0.295 e. The van der Waals surface area contributed by atoms with E-state index in [1.54, 1.807) is 6.92 Å². The molecule has 0 aliphatic rings. The van der Waals surface area contributed by atoms with Crippen molar-refractivity contribution in [3.8, 4) is 0 Å². The summed E-state index contributed by atoms with van der Waals surface area (Å²) in [6.45, 7) is 3.77. The van der Waals surface area contributed by atoms with Crippen LogP contribution in [-0.4, -0.2) is 12.1 Å². The van der Waals surface area contributed by atoms with Crippen LogP contribution in [0.3, 0.4) is 0 Å². The summed E-state index contributed by atoms with van der Waals surface area (Å²) >= 11 is 0. The number of rotatable bonds is 4. The van der Waals surface area contributed by atoms with Crippen molar-refractivity contribution in [1.82, 2.24) is 0 Å². The molecule has 0 saturated carbocycles. The Hall–Kier alpha value is -0.660. The SMILES string of the molecule is CCCC(C)C(=O)C=O. The topological polar surface area (TPSA) is 34.1 Å². The molecule has 0 aliphatic carbocycles. The van der Waals surface area contributed by atoms with E-state index in [0.29, 0.717) is 6.29 Å². The molecule has 0 radical (unpaired) electrons. The van der Waals surface area contributed by atoms with Gasteiger partial charge in [0.15, 0.2) is 12.1 Å². The first-order valence-electron chi connectivity index (χ1n) is 3.21. The summed E-state index contributed by atoms with van der Waals surface area (Å²) in [5, 5.41) is 0. The van der Waals surface area contributed by atoms with Gasteiger partial charge in [0.1, 0.15) is 0 Å². The van der Waals surface area contributed by atoms with E-state index in [-0.39, 0.29) is 11.7 Å². The molecule has 1 unspecified atom stereocenters. The molecule has 0 aromatic heterocycles. The number of hydrogen-bond acceptors (Lipinski definition) is 2. The highest BCUT2D eigenvalue weighted by atomic mass is 16.2. The monoisotopic (exact) mass is 128 g/mol. The first kappa shape index (κ1) is 8.34. The number of ketones is 1. The predicted octanol–water partition coefficient (Wildman–Crippen LogP) is 1.19. The zero-order chi connectivity index (χ0) is 7.28. The largest absolute Gasteiger partial charge is 0.295 e. The fourth-order valence-electron chi connectivity index (χ4n) is 0.691. The van der Waals surface area contributed by atoms with Gasteiger partial charge in [-0.25, -0.2) is 0 Å². The van der Waals surface area contributed by atoms with Crippen LogP contribution in [0.25, 0.3) is 0 Å². The second kappa shape index (κ2) is 4.24. The number of aldehydes is 1. The molecule has 0 aliphatic heterocycles. The fourth-order valence-corrected chi connectivity index (χ4v) is 0.691. The molecular weight excluding hydrogens is 116 g/mol. The third-order valence-electron chi connectivity index (χ3n) is 1.32. The molecule has 0 amide bonds. The van der Waals surface area contributed by atoms with Gasteiger partial charge in [-0.2, -0.15) is 0 Å². The van der Waals surface area contributed by atoms with Gasteiger partial charge in [-0.15, -0.1) is 0 Å². The average Bonchev–Trinajstić information content (AvgIpc) is 1.87. The highest BCUT2D eigenvalue weighted by Gasteiger charge is 2.08. The van der Waals surface area contributed by atoms with Gasteiger partial charge >= 0.3 is 0 Å². The first-order chi connectivity index (χ1) is 4.22. The summed E-state index contributed by atoms with van der Waals surface area (Å²) in [4.78, 5) is 20.4. The maximum Gasteiger partial charge on any atom is 0.197 e. The fraction of sp³-hybridized carbons (Fsp3) is 0.714. The Morgan fingerprint density at radius 2 is 2.22 bits per heavy atom. The van der Waals surface area contributed by atoms with E-state index >= 15 is 0 Å². The van der Waals surface area contributed by atoms with Crippen molar-refractivity contribution in [2.24, 2.45) is 5.92 Å². The van der Waals surface area contributed by atoms with Crippen molar-refractivity contribution in [2.45, 2.75) is 26.7 Å². The zero-order valence-electron chi connectivity index (χ0n) is 5.89. The highest BCUT2D eigenvalue weighted by molar-refractivity contribution is 6.25. The van der Waals surface area contributed by atoms with Crippen molar-refractivity contribution in [3.05, 3.63) is 0 Å². The molecule has 0 heterocycles. The maximum absolute atomic E-state index is 10.5. The van der Waals surface area contributed by atoms with E-state index in [1.165, 1.54) is 0 Å². The smallest absolute Gasteiger partial charge is 0.197 e. The minimum absolute atomic E-state index is 0.0764. The van der Waals surface area contributed by atoms with Crippen LogP contribution in [0, 0.1) is 5.92 Å². The Morgan fingerprint density at radius 1 is 1.67 bits per heavy atom.